The van der Waals surface area contributed by atoms with E-state index >= 15 is 0 Å². The molecule has 2 aliphatic rings. The van der Waals surface area contributed by atoms with E-state index in [1.165, 1.54) is 32.1 Å². The second kappa shape index (κ2) is 17.3. The average molecular weight is 582 g/mol. The number of unbranched alkanes of at least 4 members (excludes halogenated alkanes) is 3. The second-order valence-electron chi connectivity index (χ2n) is 11.5. The average Bonchev–Trinajstić information content (AvgIpc) is 3.00. The van der Waals surface area contributed by atoms with Crippen LogP contribution in [0.3, 0.4) is 0 Å². The van der Waals surface area contributed by atoms with Gasteiger partial charge in [-0.05, 0) is 62.0 Å². The highest BCUT2D eigenvalue weighted by Gasteiger charge is 2.33. The molecule has 2 amide bonds. The van der Waals surface area contributed by atoms with E-state index < -0.39 is 6.29 Å². The predicted molar refractivity (Wildman–Crippen MR) is 161 cm³/mol. The van der Waals surface area contributed by atoms with Crippen molar-refractivity contribution in [2.45, 2.75) is 102 Å². The normalized spacial score (nSPS) is 21.7. The molecule has 0 saturated carbocycles. The monoisotopic (exact) mass is 581 g/mol. The summed E-state index contributed by atoms with van der Waals surface area (Å²) in [6.45, 7) is 3.12. The van der Waals surface area contributed by atoms with Crippen LogP contribution in [0.15, 0.2) is 48.5 Å². The molecule has 2 aromatic rings. The lowest BCUT2D eigenvalue weighted by Crippen LogP contribution is -2.40. The third-order valence-electron chi connectivity index (χ3n) is 8.17. The molecular weight excluding hydrogens is 534 g/mol. The van der Waals surface area contributed by atoms with Gasteiger partial charge in [0.25, 0.3) is 0 Å². The molecular formula is C33H47N3O6. The van der Waals surface area contributed by atoms with E-state index in [0.29, 0.717) is 19.3 Å². The van der Waals surface area contributed by atoms with E-state index in [1.807, 2.05) is 48.5 Å². The van der Waals surface area contributed by atoms with Crippen molar-refractivity contribution in [3.63, 3.8) is 0 Å². The van der Waals surface area contributed by atoms with Gasteiger partial charge in [0.05, 0.1) is 18.8 Å². The molecule has 3 unspecified atom stereocenters. The topological polar surface area (TPSA) is 120 Å². The van der Waals surface area contributed by atoms with Crippen LogP contribution in [0.5, 0.6) is 0 Å². The number of carbonyl (C=O) groups excluding carboxylic acids is 2. The number of ether oxygens (including phenoxy) is 2. The van der Waals surface area contributed by atoms with Gasteiger partial charge in [0, 0.05) is 37.1 Å². The molecule has 0 spiro atoms. The van der Waals surface area contributed by atoms with Crippen LogP contribution in [0.25, 0.3) is 0 Å². The summed E-state index contributed by atoms with van der Waals surface area (Å²) in [5.41, 5.74) is 5.24. The summed E-state index contributed by atoms with van der Waals surface area (Å²) in [5.74, 6) is -0.420. The summed E-state index contributed by atoms with van der Waals surface area (Å²) in [6.07, 6.45) is 10.4. The van der Waals surface area contributed by atoms with Gasteiger partial charge in [-0.15, -0.1) is 0 Å². The van der Waals surface area contributed by atoms with Crippen molar-refractivity contribution in [2.75, 3.05) is 25.0 Å². The van der Waals surface area contributed by atoms with E-state index in [2.05, 4.69) is 10.2 Å². The summed E-state index contributed by atoms with van der Waals surface area (Å²) >= 11 is 0. The van der Waals surface area contributed by atoms with Crippen LogP contribution in [-0.2, 0) is 25.7 Å². The lowest BCUT2D eigenvalue weighted by molar-refractivity contribution is -0.253. The molecule has 2 heterocycles. The van der Waals surface area contributed by atoms with Gasteiger partial charge < -0.3 is 24.8 Å². The Morgan fingerprint density at radius 2 is 1.40 bits per heavy atom. The number of hydroxylamine groups is 1. The number of hydrogen-bond donors (Lipinski definition) is 4. The summed E-state index contributed by atoms with van der Waals surface area (Å²) in [4.78, 5) is 26.0. The molecule has 42 heavy (non-hydrogen) atoms. The van der Waals surface area contributed by atoms with Crippen molar-refractivity contribution in [1.82, 2.24) is 10.4 Å². The van der Waals surface area contributed by atoms with Gasteiger partial charge in [-0.3, -0.25) is 14.8 Å². The Morgan fingerprint density at radius 3 is 2.05 bits per heavy atom. The van der Waals surface area contributed by atoms with Crippen molar-refractivity contribution in [3.05, 3.63) is 65.2 Å². The number of benzene rings is 2. The van der Waals surface area contributed by atoms with Crippen molar-refractivity contribution in [3.8, 4) is 0 Å². The molecule has 9 heteroatoms. The largest absolute Gasteiger partial charge is 0.392 e. The summed E-state index contributed by atoms with van der Waals surface area (Å²) in [6, 6.07) is 15.7. The maximum absolute atomic E-state index is 12.4. The summed E-state index contributed by atoms with van der Waals surface area (Å²) in [5, 5.41) is 21.0. The number of anilines is 1. The Labute approximate surface area is 249 Å². The van der Waals surface area contributed by atoms with Gasteiger partial charge in [-0.2, -0.15) is 0 Å². The first-order valence-electron chi connectivity index (χ1n) is 15.6. The summed E-state index contributed by atoms with van der Waals surface area (Å²) in [7, 11) is 0. The van der Waals surface area contributed by atoms with Gasteiger partial charge in [-0.25, -0.2) is 5.48 Å². The number of hydrogen-bond acceptors (Lipinski definition) is 7. The van der Waals surface area contributed by atoms with Crippen LogP contribution in [0.4, 0.5) is 5.69 Å². The molecule has 2 aromatic carbocycles. The Balaban J connectivity index is 1.34. The molecule has 4 N–H and O–H groups in total. The molecule has 0 radical (unpaired) electrons. The smallest absolute Gasteiger partial charge is 0.243 e. The zero-order valence-corrected chi connectivity index (χ0v) is 24.6. The third kappa shape index (κ3) is 10.5. The molecule has 4 rings (SSSR count). The van der Waals surface area contributed by atoms with Crippen LogP contribution in [-0.4, -0.2) is 52.8 Å². The van der Waals surface area contributed by atoms with E-state index in [-0.39, 0.29) is 30.6 Å². The van der Waals surface area contributed by atoms with Crippen molar-refractivity contribution in [2.24, 2.45) is 0 Å². The highest BCUT2D eigenvalue weighted by atomic mass is 16.7. The van der Waals surface area contributed by atoms with Crippen molar-refractivity contribution < 1.29 is 29.4 Å². The van der Waals surface area contributed by atoms with Gasteiger partial charge in [0.2, 0.25) is 11.8 Å². The lowest BCUT2D eigenvalue weighted by atomic mass is 9.99. The molecule has 9 nitrogen and oxygen atoms in total. The van der Waals surface area contributed by atoms with Gasteiger partial charge in [-0.1, -0.05) is 68.5 Å². The molecule has 3 atom stereocenters. The Kier molecular flexibility index (Phi) is 13.2. The fourth-order valence-electron chi connectivity index (χ4n) is 5.74. The third-order valence-corrected chi connectivity index (χ3v) is 8.17. The first-order chi connectivity index (χ1) is 20.5. The molecule has 2 fully saturated rings. The number of nitrogens with one attached hydrogen (secondary N) is 2. The Morgan fingerprint density at radius 1 is 0.786 bits per heavy atom. The maximum atomic E-state index is 12.4. The number of carbonyl (C=O) groups is 2. The lowest BCUT2D eigenvalue weighted by Gasteiger charge is -2.38. The number of rotatable bonds is 13. The minimum atomic E-state index is -0.515. The highest BCUT2D eigenvalue weighted by Crippen LogP contribution is 2.38. The van der Waals surface area contributed by atoms with Crippen LogP contribution >= 0.6 is 0 Å². The van der Waals surface area contributed by atoms with E-state index in [9.17, 15) is 14.7 Å². The SMILES string of the molecule is O=C(CCCCCCC(=O)Nc1ccc(C2OC(CN3CCCCCCC3)CC(c3ccc(CO)cc3)O2)cc1)NO. The highest BCUT2D eigenvalue weighted by molar-refractivity contribution is 5.90. The van der Waals surface area contributed by atoms with E-state index in [1.54, 1.807) is 5.48 Å². The summed E-state index contributed by atoms with van der Waals surface area (Å²) < 4.78 is 13.0. The molecule has 2 saturated heterocycles. The van der Waals surface area contributed by atoms with E-state index in [0.717, 1.165) is 67.7 Å². The minimum absolute atomic E-state index is 0.0174. The Bertz CT molecular complexity index is 1090. The molecule has 2 aliphatic heterocycles. The van der Waals surface area contributed by atoms with E-state index in [4.69, 9.17) is 14.7 Å². The Hall–Kier alpha value is -2.82. The molecule has 0 aromatic heterocycles. The fourth-order valence-corrected chi connectivity index (χ4v) is 5.74. The first kappa shape index (κ1) is 32.1. The zero-order chi connectivity index (χ0) is 29.6. The van der Waals surface area contributed by atoms with Crippen molar-refractivity contribution in [1.29, 1.82) is 0 Å². The number of likely N-dealkylation sites (tertiary alicyclic amines) is 1. The van der Waals surface area contributed by atoms with Crippen LogP contribution in [0.1, 0.15) is 106 Å². The van der Waals surface area contributed by atoms with Crippen LogP contribution in [0, 0.1) is 0 Å². The van der Waals surface area contributed by atoms with Gasteiger partial charge >= 0.3 is 0 Å². The molecule has 0 aliphatic carbocycles. The van der Waals surface area contributed by atoms with Gasteiger partial charge in [0.1, 0.15) is 0 Å². The fraction of sp³-hybridized carbons (Fsp3) is 0.576. The zero-order valence-electron chi connectivity index (χ0n) is 24.6. The second-order valence-corrected chi connectivity index (χ2v) is 11.5. The number of aliphatic hydroxyl groups is 1. The molecule has 0 bridgehead atoms. The van der Waals surface area contributed by atoms with Crippen LogP contribution in [0.2, 0.25) is 0 Å². The molecule has 230 valence electrons. The number of nitrogens with zero attached hydrogens (tertiary/aromatic N) is 1. The van der Waals surface area contributed by atoms with Gasteiger partial charge in [0.15, 0.2) is 6.29 Å². The van der Waals surface area contributed by atoms with Crippen molar-refractivity contribution >= 4 is 17.5 Å². The maximum Gasteiger partial charge on any atom is 0.243 e. The first-order valence-corrected chi connectivity index (χ1v) is 15.6. The quantitative estimate of drug-likeness (QED) is 0.135. The minimum Gasteiger partial charge on any atom is -0.392 e. The number of amides is 2. The predicted octanol–water partition coefficient (Wildman–Crippen LogP) is 5.77. The number of aliphatic hydroxyl groups excluding tert-OH is 1. The standard InChI is InChI=1S/C33H47N3O6/c37-24-25-12-14-26(15-13-25)30-22-29(23-36-20-8-4-1-5-9-21-36)41-33(42-30)27-16-18-28(19-17-27)34-31(38)10-6-2-3-7-11-32(39)35-40/h12-19,29-30,33,37,40H,1-11,20-24H2,(H,34,38)(H,35,39). The van der Waals surface area contributed by atoms with Crippen LogP contribution < -0.4 is 10.8 Å².